The van der Waals surface area contributed by atoms with Crippen LogP contribution in [0.4, 0.5) is 4.79 Å². The molecule has 0 heterocycles. The van der Waals surface area contributed by atoms with E-state index in [4.69, 9.17) is 4.74 Å². The number of amides is 1. The third-order valence-corrected chi connectivity index (χ3v) is 4.11. The van der Waals surface area contributed by atoms with Gasteiger partial charge in [0, 0.05) is 5.54 Å². The summed E-state index contributed by atoms with van der Waals surface area (Å²) >= 11 is 0. The van der Waals surface area contributed by atoms with Crippen LogP contribution in [0.25, 0.3) is 0 Å². The summed E-state index contributed by atoms with van der Waals surface area (Å²) in [7, 11) is 0. The van der Waals surface area contributed by atoms with Crippen molar-refractivity contribution in [1.29, 1.82) is 0 Å². The highest BCUT2D eigenvalue weighted by atomic mass is 16.6. The minimum Gasteiger partial charge on any atom is -0.444 e. The summed E-state index contributed by atoms with van der Waals surface area (Å²) in [6, 6.07) is 0. The van der Waals surface area contributed by atoms with Crippen LogP contribution >= 0.6 is 0 Å². The summed E-state index contributed by atoms with van der Waals surface area (Å²) in [6.45, 7) is 14.7. The number of hydrogen-bond acceptors (Lipinski definition) is 2. The molecular weight excluding hydrogens is 238 g/mol. The molecule has 19 heavy (non-hydrogen) atoms. The molecule has 3 nitrogen and oxygen atoms in total. The Kier molecular flexibility index (Phi) is 4.58. The van der Waals surface area contributed by atoms with Crippen molar-refractivity contribution in [3.05, 3.63) is 0 Å². The fourth-order valence-electron chi connectivity index (χ4n) is 3.68. The third-order valence-electron chi connectivity index (χ3n) is 4.11. The Bertz CT molecular complexity index is 334. The van der Waals surface area contributed by atoms with Gasteiger partial charge in [0.25, 0.3) is 0 Å². The van der Waals surface area contributed by atoms with Crippen LogP contribution in [0.3, 0.4) is 0 Å². The molecule has 0 unspecified atom stereocenters. The van der Waals surface area contributed by atoms with Gasteiger partial charge in [-0.3, -0.25) is 0 Å². The Morgan fingerprint density at radius 2 is 1.89 bits per heavy atom. The maximum atomic E-state index is 12.0. The monoisotopic (exact) mass is 269 g/mol. The topological polar surface area (TPSA) is 38.3 Å². The Morgan fingerprint density at radius 3 is 2.37 bits per heavy atom. The van der Waals surface area contributed by atoms with Gasteiger partial charge in [-0.05, 0) is 58.3 Å². The molecule has 0 saturated heterocycles. The maximum absolute atomic E-state index is 12.0. The second kappa shape index (κ2) is 5.34. The maximum Gasteiger partial charge on any atom is 0.408 e. The van der Waals surface area contributed by atoms with Gasteiger partial charge in [-0.25, -0.2) is 4.79 Å². The molecule has 0 bridgehead atoms. The van der Waals surface area contributed by atoms with Crippen molar-refractivity contribution in [3.8, 4) is 0 Å². The van der Waals surface area contributed by atoms with Gasteiger partial charge in [-0.2, -0.15) is 0 Å². The van der Waals surface area contributed by atoms with Crippen molar-refractivity contribution >= 4 is 6.09 Å². The molecule has 112 valence electrons. The summed E-state index contributed by atoms with van der Waals surface area (Å²) in [5, 5.41) is 3.11. The highest BCUT2D eigenvalue weighted by Crippen LogP contribution is 2.46. The van der Waals surface area contributed by atoms with E-state index in [1.54, 1.807) is 0 Å². The first-order valence-corrected chi connectivity index (χ1v) is 7.48. The molecule has 0 aromatic carbocycles. The van der Waals surface area contributed by atoms with Gasteiger partial charge >= 0.3 is 6.09 Å². The molecule has 0 radical (unpaired) electrons. The summed E-state index contributed by atoms with van der Waals surface area (Å²) in [5.41, 5.74) is -0.263. The Balaban J connectivity index is 2.72. The highest BCUT2D eigenvalue weighted by Gasteiger charge is 2.42. The lowest BCUT2D eigenvalue weighted by molar-refractivity contribution is 0.0288. The van der Waals surface area contributed by atoms with E-state index in [0.29, 0.717) is 11.3 Å². The molecule has 1 amide bonds. The van der Waals surface area contributed by atoms with Crippen LogP contribution in [-0.2, 0) is 4.74 Å². The standard InChI is InChI=1S/C16H31NO2/c1-8-15(6)9-12(2)10-16(7,11-15)17-13(18)19-14(3,4)5/h12H,8-11H2,1-7H3,(H,17,18)/t12-,15-,16-/m1/s1. The average Bonchev–Trinajstić information content (AvgIpc) is 2.10. The number of carbonyl (C=O) groups is 1. The van der Waals surface area contributed by atoms with Crippen LogP contribution in [0.15, 0.2) is 0 Å². The number of alkyl carbamates (subject to hydrolysis) is 1. The van der Waals surface area contributed by atoms with E-state index in [9.17, 15) is 4.79 Å². The predicted octanol–water partition coefficient (Wildman–Crippen LogP) is 4.51. The SMILES string of the molecule is CC[C@]1(C)C[C@@H](C)C[C@@](C)(NC(=O)OC(C)(C)C)C1. The van der Waals surface area contributed by atoms with Gasteiger partial charge in [0.15, 0.2) is 0 Å². The number of rotatable bonds is 2. The zero-order valence-electron chi connectivity index (χ0n) is 13.7. The minimum absolute atomic E-state index is 0.148. The van der Waals surface area contributed by atoms with Gasteiger partial charge in [0.1, 0.15) is 5.60 Å². The van der Waals surface area contributed by atoms with Crippen LogP contribution in [0.5, 0.6) is 0 Å². The van der Waals surface area contributed by atoms with Gasteiger partial charge in [-0.15, -0.1) is 0 Å². The molecule has 1 fully saturated rings. The minimum atomic E-state index is -0.436. The zero-order valence-corrected chi connectivity index (χ0v) is 13.7. The summed E-state index contributed by atoms with van der Waals surface area (Å²) in [5.74, 6) is 0.638. The number of ether oxygens (including phenoxy) is 1. The number of nitrogens with one attached hydrogen (secondary N) is 1. The first kappa shape index (κ1) is 16.3. The van der Waals surface area contributed by atoms with E-state index in [1.165, 1.54) is 6.42 Å². The lowest BCUT2D eigenvalue weighted by Gasteiger charge is -2.47. The van der Waals surface area contributed by atoms with E-state index in [0.717, 1.165) is 19.3 Å². The Hall–Kier alpha value is -0.730. The lowest BCUT2D eigenvalue weighted by Crippen LogP contribution is -2.54. The molecule has 0 aromatic heterocycles. The second-order valence-electron chi connectivity index (χ2n) is 8.04. The molecule has 1 saturated carbocycles. The average molecular weight is 269 g/mol. The van der Waals surface area contributed by atoms with Crippen LogP contribution < -0.4 is 5.32 Å². The van der Waals surface area contributed by atoms with Crippen molar-refractivity contribution < 1.29 is 9.53 Å². The molecule has 0 spiro atoms. The molecule has 1 aliphatic rings. The van der Waals surface area contributed by atoms with Crippen LogP contribution in [0.2, 0.25) is 0 Å². The van der Waals surface area contributed by atoms with E-state index in [-0.39, 0.29) is 11.6 Å². The quantitative estimate of drug-likeness (QED) is 0.801. The van der Waals surface area contributed by atoms with Crippen LogP contribution in [0, 0.1) is 11.3 Å². The molecule has 3 atom stereocenters. The van der Waals surface area contributed by atoms with Crippen LogP contribution in [0.1, 0.15) is 74.1 Å². The van der Waals surface area contributed by atoms with Crippen LogP contribution in [-0.4, -0.2) is 17.2 Å². The van der Waals surface area contributed by atoms with Crippen molar-refractivity contribution in [1.82, 2.24) is 5.32 Å². The molecule has 0 aliphatic heterocycles. The van der Waals surface area contributed by atoms with Gasteiger partial charge in [-0.1, -0.05) is 27.2 Å². The van der Waals surface area contributed by atoms with Crippen molar-refractivity contribution in [2.45, 2.75) is 85.3 Å². The lowest BCUT2D eigenvalue weighted by atomic mass is 9.63. The van der Waals surface area contributed by atoms with E-state index in [1.807, 2.05) is 20.8 Å². The highest BCUT2D eigenvalue weighted by molar-refractivity contribution is 5.68. The molecule has 1 N–H and O–H groups in total. The Labute approximate surface area is 118 Å². The Morgan fingerprint density at radius 1 is 1.32 bits per heavy atom. The van der Waals surface area contributed by atoms with E-state index in [2.05, 4.69) is 33.0 Å². The molecule has 1 rings (SSSR count). The largest absolute Gasteiger partial charge is 0.444 e. The second-order valence-corrected chi connectivity index (χ2v) is 8.04. The fraction of sp³-hybridized carbons (Fsp3) is 0.938. The van der Waals surface area contributed by atoms with Crippen molar-refractivity contribution in [3.63, 3.8) is 0 Å². The summed E-state index contributed by atoms with van der Waals surface area (Å²) in [4.78, 5) is 12.0. The first-order valence-electron chi connectivity index (χ1n) is 7.48. The van der Waals surface area contributed by atoms with Gasteiger partial charge in [0.2, 0.25) is 0 Å². The smallest absolute Gasteiger partial charge is 0.408 e. The van der Waals surface area contributed by atoms with Gasteiger partial charge in [0.05, 0.1) is 0 Å². The van der Waals surface area contributed by atoms with Crippen molar-refractivity contribution in [2.75, 3.05) is 0 Å². The molecule has 3 heteroatoms. The molecule has 0 aromatic rings. The summed E-state index contributed by atoms with van der Waals surface area (Å²) < 4.78 is 5.39. The number of hydrogen-bond donors (Lipinski definition) is 1. The van der Waals surface area contributed by atoms with Crippen molar-refractivity contribution in [2.24, 2.45) is 11.3 Å². The van der Waals surface area contributed by atoms with Gasteiger partial charge < -0.3 is 10.1 Å². The third kappa shape index (κ3) is 5.04. The summed E-state index contributed by atoms with van der Waals surface area (Å²) in [6.07, 6.45) is 4.17. The predicted molar refractivity (Wildman–Crippen MR) is 79.2 cm³/mol. The number of carbonyl (C=O) groups excluding carboxylic acids is 1. The fourth-order valence-corrected chi connectivity index (χ4v) is 3.68. The van der Waals surface area contributed by atoms with E-state index >= 15 is 0 Å². The normalized spacial score (nSPS) is 35.8. The first-order chi connectivity index (χ1) is 8.47. The molecule has 1 aliphatic carbocycles. The van der Waals surface area contributed by atoms with E-state index < -0.39 is 5.60 Å². The molecular formula is C16H31NO2. The zero-order chi connectivity index (χ0) is 14.9.